The third-order valence-corrected chi connectivity index (χ3v) is 2.62. The molecule has 0 spiro atoms. The van der Waals surface area contributed by atoms with Crippen molar-refractivity contribution in [1.82, 2.24) is 0 Å². The molecule has 0 fully saturated rings. The summed E-state index contributed by atoms with van der Waals surface area (Å²) in [5.41, 5.74) is 6.48. The van der Waals surface area contributed by atoms with Gasteiger partial charge in [-0.15, -0.1) is 0 Å². The minimum absolute atomic E-state index is 0.253. The molecule has 0 aliphatic heterocycles. The highest BCUT2D eigenvalue weighted by atomic mass is 79.9. The van der Waals surface area contributed by atoms with Crippen LogP contribution < -0.4 is 5.73 Å². The minimum Gasteiger partial charge on any atom is -0.380 e. The SMILES string of the molecule is CCOCC(C)(N)Cc1cc(F)cc(Br)c1. The summed E-state index contributed by atoms with van der Waals surface area (Å²) in [5.74, 6) is -0.253. The summed E-state index contributed by atoms with van der Waals surface area (Å²) >= 11 is 3.26. The van der Waals surface area contributed by atoms with Gasteiger partial charge < -0.3 is 10.5 Å². The van der Waals surface area contributed by atoms with E-state index in [1.807, 2.05) is 19.9 Å². The van der Waals surface area contributed by atoms with Crippen LogP contribution in [0, 0.1) is 5.82 Å². The van der Waals surface area contributed by atoms with E-state index in [0.717, 1.165) is 10.0 Å². The number of halogens is 2. The maximum absolute atomic E-state index is 13.2. The third-order valence-electron chi connectivity index (χ3n) is 2.17. The summed E-state index contributed by atoms with van der Waals surface area (Å²) in [7, 11) is 0. The molecule has 0 amide bonds. The predicted molar refractivity (Wildman–Crippen MR) is 66.9 cm³/mol. The van der Waals surface area contributed by atoms with Crippen LogP contribution in [0.3, 0.4) is 0 Å². The highest BCUT2D eigenvalue weighted by Gasteiger charge is 2.19. The molecular formula is C12H17BrFNO. The van der Waals surface area contributed by atoms with E-state index < -0.39 is 5.54 Å². The van der Waals surface area contributed by atoms with Gasteiger partial charge in [-0.1, -0.05) is 15.9 Å². The van der Waals surface area contributed by atoms with Gasteiger partial charge in [-0.2, -0.15) is 0 Å². The monoisotopic (exact) mass is 289 g/mol. The van der Waals surface area contributed by atoms with Gasteiger partial charge >= 0.3 is 0 Å². The van der Waals surface area contributed by atoms with Crippen molar-refractivity contribution in [3.8, 4) is 0 Å². The van der Waals surface area contributed by atoms with Crippen molar-refractivity contribution in [2.45, 2.75) is 25.8 Å². The smallest absolute Gasteiger partial charge is 0.124 e. The fourth-order valence-corrected chi connectivity index (χ4v) is 2.08. The lowest BCUT2D eigenvalue weighted by atomic mass is 9.95. The Kier molecular flexibility index (Phi) is 4.89. The molecule has 0 bridgehead atoms. The van der Waals surface area contributed by atoms with Crippen LogP contribution in [0.5, 0.6) is 0 Å². The largest absolute Gasteiger partial charge is 0.380 e. The lowest BCUT2D eigenvalue weighted by Crippen LogP contribution is -2.43. The van der Waals surface area contributed by atoms with Crippen molar-refractivity contribution in [3.05, 3.63) is 34.1 Å². The van der Waals surface area contributed by atoms with E-state index in [4.69, 9.17) is 10.5 Å². The molecule has 0 aliphatic carbocycles. The highest BCUT2D eigenvalue weighted by Crippen LogP contribution is 2.18. The Bertz CT molecular complexity index is 335. The zero-order chi connectivity index (χ0) is 12.2. The van der Waals surface area contributed by atoms with Crippen molar-refractivity contribution in [1.29, 1.82) is 0 Å². The molecule has 0 saturated carbocycles. The Morgan fingerprint density at radius 3 is 2.69 bits per heavy atom. The lowest BCUT2D eigenvalue weighted by Gasteiger charge is -2.24. The molecule has 0 aliphatic rings. The second kappa shape index (κ2) is 5.75. The maximum Gasteiger partial charge on any atom is 0.124 e. The van der Waals surface area contributed by atoms with Crippen LogP contribution in [0.1, 0.15) is 19.4 Å². The summed E-state index contributed by atoms with van der Waals surface area (Å²) in [4.78, 5) is 0. The van der Waals surface area contributed by atoms with Crippen LogP contribution in [-0.2, 0) is 11.2 Å². The van der Waals surface area contributed by atoms with Gasteiger partial charge in [0.25, 0.3) is 0 Å². The number of benzene rings is 1. The summed E-state index contributed by atoms with van der Waals surface area (Å²) in [5, 5.41) is 0. The van der Waals surface area contributed by atoms with E-state index in [1.54, 1.807) is 0 Å². The van der Waals surface area contributed by atoms with E-state index in [-0.39, 0.29) is 5.82 Å². The van der Waals surface area contributed by atoms with Gasteiger partial charge in [0.05, 0.1) is 6.61 Å². The average molecular weight is 290 g/mol. The van der Waals surface area contributed by atoms with E-state index in [2.05, 4.69) is 15.9 Å². The first-order valence-corrected chi connectivity index (χ1v) is 6.04. The standard InChI is InChI=1S/C12H17BrFNO/c1-3-16-8-12(2,15)7-9-4-10(13)6-11(14)5-9/h4-6H,3,7-8,15H2,1-2H3. The number of nitrogens with two attached hydrogens (primary N) is 1. The molecule has 90 valence electrons. The van der Waals surface area contributed by atoms with Crippen molar-refractivity contribution in [2.24, 2.45) is 5.73 Å². The summed E-state index contributed by atoms with van der Waals surface area (Å²) in [6.45, 7) is 4.94. The van der Waals surface area contributed by atoms with Gasteiger partial charge in [-0.3, -0.25) is 0 Å². The van der Waals surface area contributed by atoms with Crippen LogP contribution in [0.4, 0.5) is 4.39 Å². The van der Waals surface area contributed by atoms with E-state index in [0.29, 0.717) is 19.6 Å². The molecule has 16 heavy (non-hydrogen) atoms. The van der Waals surface area contributed by atoms with Crippen molar-refractivity contribution in [3.63, 3.8) is 0 Å². The zero-order valence-corrected chi connectivity index (χ0v) is 11.2. The van der Waals surface area contributed by atoms with E-state index >= 15 is 0 Å². The molecule has 0 saturated heterocycles. The third kappa shape index (κ3) is 4.60. The molecule has 1 atom stereocenters. The van der Waals surface area contributed by atoms with Gasteiger partial charge in [-0.05, 0) is 44.0 Å². The van der Waals surface area contributed by atoms with E-state index in [1.165, 1.54) is 12.1 Å². The molecule has 1 aromatic rings. The first-order valence-electron chi connectivity index (χ1n) is 5.24. The fraction of sp³-hybridized carbons (Fsp3) is 0.500. The van der Waals surface area contributed by atoms with Gasteiger partial charge in [0, 0.05) is 16.6 Å². The lowest BCUT2D eigenvalue weighted by molar-refractivity contribution is 0.101. The predicted octanol–water partition coefficient (Wildman–Crippen LogP) is 2.88. The molecule has 1 aromatic carbocycles. The zero-order valence-electron chi connectivity index (χ0n) is 9.59. The van der Waals surface area contributed by atoms with Crippen molar-refractivity contribution >= 4 is 15.9 Å². The first kappa shape index (κ1) is 13.6. The molecule has 4 heteroatoms. The second-order valence-electron chi connectivity index (χ2n) is 4.25. The quantitative estimate of drug-likeness (QED) is 0.905. The summed E-state index contributed by atoms with van der Waals surface area (Å²) in [6, 6.07) is 4.81. The number of hydrogen-bond donors (Lipinski definition) is 1. The minimum atomic E-state index is -0.469. The molecule has 2 N–H and O–H groups in total. The van der Waals surface area contributed by atoms with Crippen LogP contribution in [0.15, 0.2) is 22.7 Å². The van der Waals surface area contributed by atoms with Crippen LogP contribution in [-0.4, -0.2) is 18.8 Å². The normalized spacial score (nSPS) is 14.8. The molecule has 1 rings (SSSR count). The van der Waals surface area contributed by atoms with E-state index in [9.17, 15) is 4.39 Å². The Morgan fingerprint density at radius 1 is 1.44 bits per heavy atom. The summed E-state index contributed by atoms with van der Waals surface area (Å²) < 4.78 is 19.2. The average Bonchev–Trinajstić information content (AvgIpc) is 2.12. The molecule has 0 radical (unpaired) electrons. The Labute approximate surface area is 104 Å². The Hall–Kier alpha value is -0.450. The molecule has 1 unspecified atom stereocenters. The van der Waals surface area contributed by atoms with Crippen molar-refractivity contribution < 1.29 is 9.13 Å². The van der Waals surface area contributed by atoms with Crippen LogP contribution in [0.2, 0.25) is 0 Å². The molecular weight excluding hydrogens is 273 g/mol. The maximum atomic E-state index is 13.2. The Balaban J connectivity index is 2.71. The highest BCUT2D eigenvalue weighted by molar-refractivity contribution is 9.10. The number of ether oxygens (including phenoxy) is 1. The molecule has 0 aromatic heterocycles. The Morgan fingerprint density at radius 2 is 2.12 bits per heavy atom. The topological polar surface area (TPSA) is 35.2 Å². The van der Waals surface area contributed by atoms with Crippen molar-refractivity contribution in [2.75, 3.05) is 13.2 Å². The molecule has 2 nitrogen and oxygen atoms in total. The van der Waals surface area contributed by atoms with Crippen LogP contribution in [0.25, 0.3) is 0 Å². The van der Waals surface area contributed by atoms with Gasteiger partial charge in [0.2, 0.25) is 0 Å². The first-order chi connectivity index (χ1) is 7.43. The second-order valence-corrected chi connectivity index (χ2v) is 5.16. The molecule has 0 heterocycles. The number of rotatable bonds is 5. The van der Waals surface area contributed by atoms with Gasteiger partial charge in [0.15, 0.2) is 0 Å². The number of hydrogen-bond acceptors (Lipinski definition) is 2. The summed E-state index contributed by atoms with van der Waals surface area (Å²) in [6.07, 6.45) is 0.587. The fourth-order valence-electron chi connectivity index (χ4n) is 1.57. The van der Waals surface area contributed by atoms with Gasteiger partial charge in [-0.25, -0.2) is 4.39 Å². The van der Waals surface area contributed by atoms with Gasteiger partial charge in [0.1, 0.15) is 5.82 Å². The van der Waals surface area contributed by atoms with Crippen LogP contribution >= 0.6 is 15.9 Å².